The van der Waals surface area contributed by atoms with Gasteiger partial charge in [-0.25, -0.2) is 9.78 Å². The molecule has 0 aromatic carbocycles. The first-order valence-electron chi connectivity index (χ1n) is 7.94. The molecule has 0 radical (unpaired) electrons. The number of carbonyl (C=O) groups is 1. The van der Waals surface area contributed by atoms with Crippen LogP contribution in [0, 0.1) is 0 Å². The number of nitrogens with one attached hydrogen (secondary N) is 1. The fraction of sp³-hybridized carbons (Fsp3) is 0.688. The van der Waals surface area contributed by atoms with E-state index in [-0.39, 0.29) is 6.09 Å². The monoisotopic (exact) mass is 338 g/mol. The number of aromatic nitrogens is 2. The lowest BCUT2D eigenvalue weighted by Crippen LogP contribution is -2.41. The second kappa shape index (κ2) is 7.97. The summed E-state index contributed by atoms with van der Waals surface area (Å²) in [6.07, 6.45) is 7.33. The maximum atomic E-state index is 11.8. The van der Waals surface area contributed by atoms with Gasteiger partial charge in [-0.05, 0) is 46.4 Å². The number of thioether (sulfide) groups is 1. The van der Waals surface area contributed by atoms with Crippen molar-refractivity contribution in [1.82, 2.24) is 20.2 Å². The second-order valence-corrected chi connectivity index (χ2v) is 7.46. The highest BCUT2D eigenvalue weighted by molar-refractivity contribution is 7.98. The van der Waals surface area contributed by atoms with E-state index in [1.165, 1.54) is 0 Å². The van der Waals surface area contributed by atoms with Gasteiger partial charge in [-0.1, -0.05) is 0 Å². The van der Waals surface area contributed by atoms with E-state index in [9.17, 15) is 4.79 Å². The normalized spacial score (nSPS) is 18.9. The summed E-state index contributed by atoms with van der Waals surface area (Å²) < 4.78 is 5.29. The first kappa shape index (κ1) is 18.0. The Balaban J connectivity index is 1.89. The number of nitrogens with zero attached hydrogens (tertiary/aromatic N) is 3. The number of alkyl carbamates (subject to hydrolysis) is 1. The number of hydrogen-bond donors (Lipinski definition) is 1. The summed E-state index contributed by atoms with van der Waals surface area (Å²) in [4.78, 5) is 23.0. The van der Waals surface area contributed by atoms with Crippen LogP contribution >= 0.6 is 11.8 Å². The van der Waals surface area contributed by atoms with Crippen LogP contribution in [-0.2, 0) is 11.3 Å². The van der Waals surface area contributed by atoms with Crippen LogP contribution < -0.4 is 5.32 Å². The van der Waals surface area contributed by atoms with Crippen LogP contribution in [0.3, 0.4) is 0 Å². The molecule has 0 unspecified atom stereocenters. The highest BCUT2D eigenvalue weighted by atomic mass is 32.2. The topological polar surface area (TPSA) is 67.4 Å². The molecule has 1 aromatic heterocycles. The van der Waals surface area contributed by atoms with E-state index in [0.717, 1.165) is 36.7 Å². The number of hydrogen-bond acceptors (Lipinski definition) is 6. The van der Waals surface area contributed by atoms with Gasteiger partial charge >= 0.3 is 6.09 Å². The zero-order valence-electron chi connectivity index (χ0n) is 14.3. The molecule has 1 aliphatic rings. The minimum atomic E-state index is -0.466. The Kier molecular flexibility index (Phi) is 6.24. The number of carbonyl (C=O) groups excluding carboxylic acids is 1. The van der Waals surface area contributed by atoms with E-state index >= 15 is 0 Å². The third-order valence-electron chi connectivity index (χ3n) is 3.66. The van der Waals surface area contributed by atoms with E-state index in [4.69, 9.17) is 4.74 Å². The quantitative estimate of drug-likeness (QED) is 0.833. The summed E-state index contributed by atoms with van der Waals surface area (Å²) in [5, 5.41) is 3.85. The van der Waals surface area contributed by atoms with E-state index in [0.29, 0.717) is 12.6 Å². The maximum Gasteiger partial charge on any atom is 0.407 e. The predicted molar refractivity (Wildman–Crippen MR) is 91.5 cm³/mol. The van der Waals surface area contributed by atoms with Crippen LogP contribution in [0.1, 0.15) is 39.3 Å². The van der Waals surface area contributed by atoms with Crippen LogP contribution in [0.4, 0.5) is 4.79 Å². The van der Waals surface area contributed by atoms with Crippen LogP contribution in [-0.4, -0.2) is 51.9 Å². The molecule has 1 aliphatic heterocycles. The van der Waals surface area contributed by atoms with Crippen LogP contribution in [0.15, 0.2) is 17.4 Å². The molecule has 7 heteroatoms. The molecule has 1 aromatic rings. The van der Waals surface area contributed by atoms with Gasteiger partial charge in [0.2, 0.25) is 0 Å². The number of amides is 1. The predicted octanol–water partition coefficient (Wildman–Crippen LogP) is 2.69. The van der Waals surface area contributed by atoms with Crippen molar-refractivity contribution in [3.63, 3.8) is 0 Å². The van der Waals surface area contributed by atoms with E-state index in [2.05, 4.69) is 20.2 Å². The maximum absolute atomic E-state index is 11.8. The molecule has 0 aliphatic carbocycles. The SMILES string of the molecule is CSc1nccnc1CN1CCC[C@H]1CNC(=O)OC(C)(C)C. The fourth-order valence-corrected chi connectivity index (χ4v) is 3.19. The largest absolute Gasteiger partial charge is 0.444 e. The molecular weight excluding hydrogens is 312 g/mol. The van der Waals surface area contributed by atoms with Gasteiger partial charge in [0.1, 0.15) is 10.6 Å². The molecule has 6 nitrogen and oxygen atoms in total. The van der Waals surface area contributed by atoms with Crippen molar-refractivity contribution in [3.8, 4) is 0 Å². The molecule has 1 N–H and O–H groups in total. The third kappa shape index (κ3) is 5.66. The molecule has 0 saturated carbocycles. The lowest BCUT2D eigenvalue weighted by molar-refractivity contribution is 0.0512. The van der Waals surface area contributed by atoms with Crippen molar-refractivity contribution in [2.45, 2.75) is 56.8 Å². The van der Waals surface area contributed by atoms with Crippen molar-refractivity contribution < 1.29 is 9.53 Å². The first-order chi connectivity index (χ1) is 10.9. The van der Waals surface area contributed by atoms with Crippen molar-refractivity contribution in [2.24, 2.45) is 0 Å². The van der Waals surface area contributed by atoms with Crippen molar-refractivity contribution >= 4 is 17.9 Å². The highest BCUT2D eigenvalue weighted by Crippen LogP contribution is 2.22. The first-order valence-corrected chi connectivity index (χ1v) is 9.16. The smallest absolute Gasteiger partial charge is 0.407 e. The Morgan fingerprint density at radius 1 is 1.43 bits per heavy atom. The number of ether oxygens (including phenoxy) is 1. The summed E-state index contributed by atoms with van der Waals surface area (Å²) in [5.74, 6) is 0. The molecule has 1 fully saturated rings. The Hall–Kier alpha value is -1.34. The molecule has 1 atom stereocenters. The van der Waals surface area contributed by atoms with E-state index in [1.54, 1.807) is 24.2 Å². The summed E-state index contributed by atoms with van der Waals surface area (Å²) in [6, 6.07) is 0.319. The molecule has 1 amide bonds. The summed E-state index contributed by atoms with van der Waals surface area (Å²) >= 11 is 1.61. The molecule has 0 bridgehead atoms. The van der Waals surface area contributed by atoms with Crippen LogP contribution in [0.25, 0.3) is 0 Å². The Bertz CT molecular complexity index is 533. The minimum Gasteiger partial charge on any atom is -0.444 e. The Morgan fingerprint density at radius 3 is 2.87 bits per heavy atom. The van der Waals surface area contributed by atoms with Crippen LogP contribution in [0.5, 0.6) is 0 Å². The van der Waals surface area contributed by atoms with E-state index in [1.807, 2.05) is 27.0 Å². The Morgan fingerprint density at radius 2 is 2.17 bits per heavy atom. The minimum absolute atomic E-state index is 0.319. The zero-order chi connectivity index (χ0) is 16.9. The molecule has 2 heterocycles. The lowest BCUT2D eigenvalue weighted by Gasteiger charge is -2.26. The van der Waals surface area contributed by atoms with Gasteiger partial charge < -0.3 is 10.1 Å². The van der Waals surface area contributed by atoms with Gasteiger partial charge in [0, 0.05) is 31.5 Å². The molecular formula is C16H26N4O2S. The van der Waals surface area contributed by atoms with Gasteiger partial charge in [-0.3, -0.25) is 9.88 Å². The summed E-state index contributed by atoms with van der Waals surface area (Å²) in [5.41, 5.74) is 0.538. The highest BCUT2D eigenvalue weighted by Gasteiger charge is 2.27. The fourth-order valence-electron chi connectivity index (χ4n) is 2.68. The van der Waals surface area contributed by atoms with Gasteiger partial charge in [0.05, 0.1) is 5.69 Å². The average molecular weight is 338 g/mol. The van der Waals surface area contributed by atoms with Crippen LogP contribution in [0.2, 0.25) is 0 Å². The van der Waals surface area contributed by atoms with Gasteiger partial charge in [0.15, 0.2) is 0 Å². The van der Waals surface area contributed by atoms with Gasteiger partial charge in [-0.15, -0.1) is 11.8 Å². The summed E-state index contributed by atoms with van der Waals surface area (Å²) in [6.45, 7) is 7.99. The Labute approximate surface area is 142 Å². The number of likely N-dealkylation sites (tertiary alicyclic amines) is 1. The average Bonchev–Trinajstić information content (AvgIpc) is 2.91. The third-order valence-corrected chi connectivity index (χ3v) is 4.39. The molecule has 23 heavy (non-hydrogen) atoms. The lowest BCUT2D eigenvalue weighted by atomic mass is 10.2. The molecule has 2 rings (SSSR count). The standard InChI is InChI=1S/C16H26N4O2S/c1-16(2,3)22-15(21)19-10-12-6-5-9-20(12)11-13-14(23-4)18-8-7-17-13/h7-8,12H,5-6,9-11H2,1-4H3,(H,19,21)/t12-/m0/s1. The van der Waals surface area contributed by atoms with Crippen molar-refractivity contribution in [2.75, 3.05) is 19.3 Å². The molecule has 128 valence electrons. The second-order valence-electron chi connectivity index (χ2n) is 6.66. The van der Waals surface area contributed by atoms with E-state index < -0.39 is 5.60 Å². The number of rotatable bonds is 5. The summed E-state index contributed by atoms with van der Waals surface area (Å²) in [7, 11) is 0. The van der Waals surface area contributed by atoms with Gasteiger partial charge in [0.25, 0.3) is 0 Å². The van der Waals surface area contributed by atoms with Gasteiger partial charge in [-0.2, -0.15) is 0 Å². The van der Waals surface area contributed by atoms with Crippen molar-refractivity contribution in [3.05, 3.63) is 18.1 Å². The zero-order valence-corrected chi connectivity index (χ0v) is 15.2. The van der Waals surface area contributed by atoms with Crippen molar-refractivity contribution in [1.29, 1.82) is 0 Å². The molecule has 0 spiro atoms. The molecule has 1 saturated heterocycles.